The lowest BCUT2D eigenvalue weighted by Gasteiger charge is -2.29. The molecule has 0 bridgehead atoms. The zero-order valence-electron chi connectivity index (χ0n) is 20.2. The molecule has 1 aliphatic carbocycles. The van der Waals surface area contributed by atoms with Crippen LogP contribution < -0.4 is 5.32 Å². The zero-order valence-corrected chi connectivity index (χ0v) is 20.2. The number of likely N-dealkylation sites (tertiary alicyclic amines) is 1. The Labute approximate surface area is 201 Å². The number of benzene rings is 1. The number of carbonyl (C=O) groups excluding carboxylic acids is 2. The number of hydrogen-bond acceptors (Lipinski definition) is 5. The summed E-state index contributed by atoms with van der Waals surface area (Å²) in [5.74, 6) is 0.135. The second-order valence-corrected chi connectivity index (χ2v) is 10.1. The monoisotopic (exact) mass is 468 g/mol. The van der Waals surface area contributed by atoms with Gasteiger partial charge in [-0.25, -0.2) is 0 Å². The number of nitrogens with zero attached hydrogens (tertiary/aromatic N) is 3. The summed E-state index contributed by atoms with van der Waals surface area (Å²) in [5, 5.41) is 27.5. The van der Waals surface area contributed by atoms with Crippen LogP contribution in [0.15, 0.2) is 36.5 Å². The Morgan fingerprint density at radius 2 is 1.85 bits per heavy atom. The molecule has 4 unspecified atom stereocenters. The number of β-amino-alcohol motifs (C(OH)–C–C–N with tert-alkyl or cyclic N) is 1. The number of hydrogen-bond donors (Lipinski definition) is 3. The summed E-state index contributed by atoms with van der Waals surface area (Å²) in [6, 6.07) is 8.41. The fourth-order valence-corrected chi connectivity index (χ4v) is 4.51. The maximum absolute atomic E-state index is 13.1. The highest BCUT2D eigenvalue weighted by atomic mass is 16.3. The van der Waals surface area contributed by atoms with Crippen molar-refractivity contribution in [3.8, 4) is 11.3 Å². The third kappa shape index (κ3) is 5.33. The normalized spacial score (nSPS) is 22.1. The van der Waals surface area contributed by atoms with Gasteiger partial charge < -0.3 is 20.4 Å². The third-order valence-electron chi connectivity index (χ3n) is 7.21. The molecule has 1 aliphatic heterocycles. The second kappa shape index (κ2) is 10.3. The van der Waals surface area contributed by atoms with Crippen LogP contribution in [0.25, 0.3) is 11.3 Å². The van der Waals surface area contributed by atoms with Crippen LogP contribution in [0, 0.1) is 17.8 Å². The van der Waals surface area contributed by atoms with E-state index < -0.39 is 18.2 Å². The van der Waals surface area contributed by atoms with Gasteiger partial charge in [0.2, 0.25) is 11.8 Å². The van der Waals surface area contributed by atoms with Crippen molar-refractivity contribution < 1.29 is 19.8 Å². The zero-order chi connectivity index (χ0) is 24.4. The minimum absolute atomic E-state index is 0.126. The van der Waals surface area contributed by atoms with Crippen LogP contribution in [0.1, 0.15) is 51.6 Å². The molecule has 1 aromatic carbocycles. The van der Waals surface area contributed by atoms with Gasteiger partial charge in [0.05, 0.1) is 24.4 Å². The van der Waals surface area contributed by atoms with E-state index >= 15 is 0 Å². The van der Waals surface area contributed by atoms with Crippen molar-refractivity contribution in [1.82, 2.24) is 20.0 Å². The first-order chi connectivity index (χ1) is 16.3. The molecule has 2 fully saturated rings. The third-order valence-corrected chi connectivity index (χ3v) is 7.21. The fraction of sp³-hybridized carbons (Fsp3) is 0.577. The van der Waals surface area contributed by atoms with Gasteiger partial charge in [-0.3, -0.25) is 14.3 Å². The molecule has 2 heterocycles. The molecule has 2 amide bonds. The van der Waals surface area contributed by atoms with Crippen LogP contribution in [0.5, 0.6) is 0 Å². The molecular formula is C26H36N4O4. The van der Waals surface area contributed by atoms with Crippen molar-refractivity contribution in [3.05, 3.63) is 42.1 Å². The van der Waals surface area contributed by atoms with E-state index in [1.807, 2.05) is 62.0 Å². The molecule has 2 aromatic rings. The average molecular weight is 469 g/mol. The molecule has 184 valence electrons. The van der Waals surface area contributed by atoms with Gasteiger partial charge in [0.1, 0.15) is 6.04 Å². The smallest absolute Gasteiger partial charge is 0.243 e. The van der Waals surface area contributed by atoms with Crippen molar-refractivity contribution in [2.75, 3.05) is 13.2 Å². The maximum Gasteiger partial charge on any atom is 0.243 e. The van der Waals surface area contributed by atoms with Crippen molar-refractivity contribution in [2.24, 2.45) is 17.8 Å². The topological polar surface area (TPSA) is 108 Å². The summed E-state index contributed by atoms with van der Waals surface area (Å²) in [4.78, 5) is 27.5. The van der Waals surface area contributed by atoms with Gasteiger partial charge >= 0.3 is 0 Å². The first kappa shape index (κ1) is 24.4. The van der Waals surface area contributed by atoms with Gasteiger partial charge in [-0.15, -0.1) is 0 Å². The molecule has 1 aromatic heterocycles. The van der Waals surface area contributed by atoms with E-state index in [9.17, 15) is 19.8 Å². The highest BCUT2D eigenvalue weighted by molar-refractivity contribution is 5.89. The van der Waals surface area contributed by atoms with E-state index in [1.165, 1.54) is 17.7 Å². The molecule has 8 nitrogen and oxygen atoms in total. The Kier molecular flexibility index (Phi) is 7.38. The van der Waals surface area contributed by atoms with Gasteiger partial charge in [0, 0.05) is 31.6 Å². The first-order valence-electron chi connectivity index (χ1n) is 12.3. The lowest BCUT2D eigenvalue weighted by Crippen LogP contribution is -2.49. The van der Waals surface area contributed by atoms with Crippen molar-refractivity contribution in [3.63, 3.8) is 0 Å². The molecule has 1 saturated carbocycles. The average Bonchev–Trinajstić information content (AvgIpc) is 3.37. The molecule has 34 heavy (non-hydrogen) atoms. The van der Waals surface area contributed by atoms with Crippen LogP contribution in [0.2, 0.25) is 0 Å². The largest absolute Gasteiger partial charge is 0.394 e. The van der Waals surface area contributed by atoms with E-state index in [0.717, 1.165) is 29.3 Å². The Hall–Kier alpha value is -2.71. The van der Waals surface area contributed by atoms with Gasteiger partial charge in [-0.2, -0.15) is 5.10 Å². The van der Waals surface area contributed by atoms with Gasteiger partial charge in [-0.1, -0.05) is 45.0 Å². The summed E-state index contributed by atoms with van der Waals surface area (Å²) in [6.07, 6.45) is 3.79. The van der Waals surface area contributed by atoms with E-state index in [4.69, 9.17) is 0 Å². The lowest BCUT2D eigenvalue weighted by atomic mass is 9.96. The molecule has 1 saturated heterocycles. The minimum Gasteiger partial charge on any atom is -0.394 e. The fourth-order valence-electron chi connectivity index (χ4n) is 4.51. The lowest BCUT2D eigenvalue weighted by molar-refractivity contribution is -0.142. The van der Waals surface area contributed by atoms with Crippen LogP contribution in [0.4, 0.5) is 0 Å². The van der Waals surface area contributed by atoms with Gasteiger partial charge in [0.25, 0.3) is 0 Å². The molecule has 4 rings (SSSR count). The summed E-state index contributed by atoms with van der Waals surface area (Å²) in [6.45, 7) is 6.60. The Balaban J connectivity index is 1.44. The predicted molar refractivity (Wildman–Crippen MR) is 128 cm³/mol. The number of carbonyl (C=O) groups is 2. The molecule has 2 aliphatic rings. The molecule has 4 atom stereocenters. The van der Waals surface area contributed by atoms with Gasteiger partial charge in [0.15, 0.2) is 0 Å². The summed E-state index contributed by atoms with van der Waals surface area (Å²) in [5.41, 5.74) is 2.86. The Bertz CT molecular complexity index is 998. The Morgan fingerprint density at radius 3 is 2.47 bits per heavy atom. The SMILES string of the molecule is CC(C)C(C)C(=O)N1CC(O)CC1C(=O)NC(CO)c1ccc(-c2ccnn2CC2CC2)cc1. The van der Waals surface area contributed by atoms with Crippen molar-refractivity contribution in [2.45, 2.75) is 64.8 Å². The predicted octanol–water partition coefficient (Wildman–Crippen LogP) is 2.36. The highest BCUT2D eigenvalue weighted by Gasteiger charge is 2.41. The van der Waals surface area contributed by atoms with Crippen molar-refractivity contribution >= 4 is 11.8 Å². The first-order valence-corrected chi connectivity index (χ1v) is 12.3. The number of amides is 2. The maximum atomic E-state index is 13.1. The molecule has 0 radical (unpaired) electrons. The second-order valence-electron chi connectivity index (χ2n) is 10.1. The quantitative estimate of drug-likeness (QED) is 0.524. The van der Waals surface area contributed by atoms with E-state index in [-0.39, 0.29) is 43.2 Å². The molecule has 8 heteroatoms. The summed E-state index contributed by atoms with van der Waals surface area (Å²) in [7, 11) is 0. The highest BCUT2D eigenvalue weighted by Crippen LogP contribution is 2.32. The van der Waals surface area contributed by atoms with Gasteiger partial charge in [-0.05, 0) is 41.9 Å². The standard InChI is InChI=1S/C26H36N4O4/c1-16(2)17(3)26(34)29-14-21(32)12-24(29)25(33)28-22(15-31)19-6-8-20(9-7-19)23-10-11-27-30(23)13-18-4-5-18/h6-11,16-18,21-22,24,31-32H,4-5,12-15H2,1-3H3,(H,28,33). The summed E-state index contributed by atoms with van der Waals surface area (Å²) >= 11 is 0. The van der Waals surface area contributed by atoms with E-state index in [2.05, 4.69) is 10.4 Å². The number of aromatic nitrogens is 2. The Morgan fingerprint density at radius 1 is 1.15 bits per heavy atom. The number of nitrogens with one attached hydrogen (secondary N) is 1. The van der Waals surface area contributed by atoms with E-state index in [0.29, 0.717) is 0 Å². The van der Waals surface area contributed by atoms with Crippen LogP contribution in [0.3, 0.4) is 0 Å². The molecular weight excluding hydrogens is 432 g/mol. The summed E-state index contributed by atoms with van der Waals surface area (Å²) < 4.78 is 2.03. The van der Waals surface area contributed by atoms with Crippen LogP contribution in [-0.4, -0.2) is 62.0 Å². The van der Waals surface area contributed by atoms with Crippen LogP contribution in [-0.2, 0) is 16.1 Å². The minimum atomic E-state index is -0.742. The van der Waals surface area contributed by atoms with E-state index in [1.54, 1.807) is 0 Å². The van der Waals surface area contributed by atoms with Crippen molar-refractivity contribution in [1.29, 1.82) is 0 Å². The molecule has 0 spiro atoms. The number of aliphatic hydroxyl groups is 2. The number of aliphatic hydroxyl groups excluding tert-OH is 2. The number of rotatable bonds is 9. The van der Waals surface area contributed by atoms with Crippen LogP contribution >= 0.6 is 0 Å². The molecule has 3 N–H and O–H groups in total.